The predicted molar refractivity (Wildman–Crippen MR) is 113 cm³/mol. The van der Waals surface area contributed by atoms with Crippen molar-refractivity contribution in [1.82, 2.24) is 4.90 Å². The summed E-state index contributed by atoms with van der Waals surface area (Å²) in [6.45, 7) is 7.50. The van der Waals surface area contributed by atoms with Gasteiger partial charge in [0.15, 0.2) is 5.78 Å². The molecule has 3 aliphatic rings. The fourth-order valence-electron chi connectivity index (χ4n) is 5.59. The van der Waals surface area contributed by atoms with Gasteiger partial charge in [-0.1, -0.05) is 20.8 Å². The Morgan fingerprint density at radius 1 is 1.10 bits per heavy atom. The summed E-state index contributed by atoms with van der Waals surface area (Å²) in [7, 11) is 0. The second-order valence-electron chi connectivity index (χ2n) is 9.42. The van der Waals surface area contributed by atoms with Crippen molar-refractivity contribution in [3.05, 3.63) is 34.4 Å². The third-order valence-corrected chi connectivity index (χ3v) is 7.96. The molecule has 1 amide bonds. The van der Waals surface area contributed by atoms with E-state index in [9.17, 15) is 19.7 Å². The number of anilines is 1. The number of Topliss-reactive ketones (excluding diaryl/α,β-unsaturated/α-hetero) is 1. The molecule has 1 aromatic carbocycles. The van der Waals surface area contributed by atoms with E-state index in [1.165, 1.54) is 12.1 Å². The van der Waals surface area contributed by atoms with Gasteiger partial charge >= 0.3 is 0 Å². The van der Waals surface area contributed by atoms with E-state index >= 15 is 0 Å². The average Bonchev–Trinajstić information content (AvgIpc) is 3.02. The number of amides is 1. The Morgan fingerprint density at radius 3 is 2.33 bits per heavy atom. The third kappa shape index (κ3) is 2.62. The first-order valence-electron chi connectivity index (χ1n) is 10.6. The lowest BCUT2D eigenvalue weighted by Gasteiger charge is -2.41. The van der Waals surface area contributed by atoms with Gasteiger partial charge in [0.25, 0.3) is 5.69 Å². The van der Waals surface area contributed by atoms with Crippen LogP contribution >= 0.6 is 0 Å². The number of rotatable bonds is 4. The lowest BCUT2D eigenvalue weighted by atomic mass is 9.64. The molecule has 3 fully saturated rings. The number of likely N-dealkylation sites (tertiary alicyclic amines) is 1. The zero-order valence-electron chi connectivity index (χ0n) is 17.7. The van der Waals surface area contributed by atoms with E-state index < -0.39 is 21.2 Å². The van der Waals surface area contributed by atoms with Crippen molar-refractivity contribution >= 4 is 28.8 Å². The van der Waals surface area contributed by atoms with Crippen LogP contribution < -0.4 is 5.43 Å². The van der Waals surface area contributed by atoms with Gasteiger partial charge in [-0.2, -0.15) is 5.10 Å². The quantitative estimate of drug-likeness (QED) is 0.460. The van der Waals surface area contributed by atoms with Crippen molar-refractivity contribution in [3.8, 4) is 0 Å². The number of benzene rings is 1. The maximum Gasteiger partial charge on any atom is 0.269 e. The molecule has 2 atom stereocenters. The van der Waals surface area contributed by atoms with Gasteiger partial charge in [0, 0.05) is 30.6 Å². The number of ketones is 1. The van der Waals surface area contributed by atoms with Crippen molar-refractivity contribution in [2.24, 2.45) is 21.3 Å². The minimum absolute atomic E-state index is 0.0108. The Morgan fingerprint density at radius 2 is 1.73 bits per heavy atom. The number of nitrogens with one attached hydrogen (secondary N) is 1. The first kappa shape index (κ1) is 20.5. The number of nitrogens with zero attached hydrogens (tertiary/aromatic N) is 3. The van der Waals surface area contributed by atoms with Crippen molar-refractivity contribution < 1.29 is 14.5 Å². The molecule has 8 nitrogen and oxygen atoms in total. The molecule has 1 aliphatic heterocycles. The SMILES string of the molecule is CC12CCC(C(=O)N3CCCCC3)(C(=O)C1=NNc1ccc([N+](=O)[O-])cc1)C2(C)C. The summed E-state index contributed by atoms with van der Waals surface area (Å²) in [4.78, 5) is 39.5. The minimum Gasteiger partial charge on any atom is -0.342 e. The summed E-state index contributed by atoms with van der Waals surface area (Å²) in [6.07, 6.45) is 4.37. The number of piperidine rings is 1. The van der Waals surface area contributed by atoms with Gasteiger partial charge < -0.3 is 4.90 Å². The molecule has 4 rings (SSSR count). The Labute approximate surface area is 175 Å². The van der Waals surface area contributed by atoms with Crippen LogP contribution in [0.25, 0.3) is 0 Å². The molecule has 160 valence electrons. The molecule has 8 heteroatoms. The van der Waals surface area contributed by atoms with Crippen molar-refractivity contribution in [2.45, 2.75) is 52.9 Å². The molecular formula is C22H28N4O4. The maximum absolute atomic E-state index is 13.7. The van der Waals surface area contributed by atoms with Crippen LogP contribution in [0.2, 0.25) is 0 Å². The van der Waals surface area contributed by atoms with Crippen LogP contribution in [-0.4, -0.2) is 40.3 Å². The zero-order chi connectivity index (χ0) is 21.7. The fourth-order valence-corrected chi connectivity index (χ4v) is 5.59. The van der Waals surface area contributed by atoms with E-state index in [1.54, 1.807) is 12.1 Å². The van der Waals surface area contributed by atoms with Gasteiger partial charge in [-0.25, -0.2) is 0 Å². The predicted octanol–water partition coefficient (Wildman–Crippen LogP) is 3.77. The van der Waals surface area contributed by atoms with Crippen LogP contribution in [0.4, 0.5) is 11.4 Å². The second kappa shape index (κ2) is 6.89. The minimum atomic E-state index is -1.06. The highest BCUT2D eigenvalue weighted by atomic mass is 16.6. The molecule has 0 radical (unpaired) electrons. The van der Waals surface area contributed by atoms with Gasteiger partial charge in [0.1, 0.15) is 11.1 Å². The number of hydrogen-bond donors (Lipinski definition) is 1. The molecule has 1 saturated heterocycles. The molecule has 2 aliphatic carbocycles. The zero-order valence-corrected chi connectivity index (χ0v) is 17.7. The molecule has 1 heterocycles. The van der Waals surface area contributed by atoms with Crippen molar-refractivity contribution in [2.75, 3.05) is 18.5 Å². The highest BCUT2D eigenvalue weighted by molar-refractivity contribution is 6.50. The van der Waals surface area contributed by atoms with Crippen molar-refractivity contribution in [3.63, 3.8) is 0 Å². The molecule has 0 aromatic heterocycles. The van der Waals surface area contributed by atoms with Crippen molar-refractivity contribution in [1.29, 1.82) is 0 Å². The summed E-state index contributed by atoms with van der Waals surface area (Å²) in [6, 6.07) is 5.89. The third-order valence-electron chi connectivity index (χ3n) is 7.96. The van der Waals surface area contributed by atoms with E-state index in [4.69, 9.17) is 0 Å². The monoisotopic (exact) mass is 412 g/mol. The van der Waals surface area contributed by atoms with E-state index in [1.807, 2.05) is 25.7 Å². The van der Waals surface area contributed by atoms with Gasteiger partial charge in [-0.3, -0.25) is 25.1 Å². The van der Waals surface area contributed by atoms with E-state index in [-0.39, 0.29) is 17.4 Å². The molecule has 30 heavy (non-hydrogen) atoms. The van der Waals surface area contributed by atoms with Crippen LogP contribution in [0, 0.1) is 26.4 Å². The smallest absolute Gasteiger partial charge is 0.269 e. The molecule has 2 bridgehead atoms. The average molecular weight is 412 g/mol. The van der Waals surface area contributed by atoms with Gasteiger partial charge in [-0.15, -0.1) is 0 Å². The summed E-state index contributed by atoms with van der Waals surface area (Å²) in [5.41, 5.74) is 1.73. The van der Waals surface area contributed by atoms with E-state index in [2.05, 4.69) is 10.5 Å². The van der Waals surface area contributed by atoms with Crippen LogP contribution in [0.1, 0.15) is 52.9 Å². The molecular weight excluding hydrogens is 384 g/mol. The van der Waals surface area contributed by atoms with Crippen LogP contribution in [0.15, 0.2) is 29.4 Å². The lowest BCUT2D eigenvalue weighted by Crippen LogP contribution is -2.53. The maximum atomic E-state index is 13.7. The number of non-ortho nitro benzene ring substituents is 1. The second-order valence-corrected chi connectivity index (χ2v) is 9.42. The summed E-state index contributed by atoms with van der Waals surface area (Å²) in [5.74, 6) is -0.215. The lowest BCUT2D eigenvalue weighted by molar-refractivity contribution is -0.384. The molecule has 2 saturated carbocycles. The number of nitro groups is 1. The van der Waals surface area contributed by atoms with Crippen LogP contribution in [0.3, 0.4) is 0 Å². The summed E-state index contributed by atoms with van der Waals surface area (Å²) in [5, 5.41) is 15.3. The topological polar surface area (TPSA) is 105 Å². The Balaban J connectivity index is 1.66. The van der Waals surface area contributed by atoms with Crippen LogP contribution in [0.5, 0.6) is 0 Å². The number of hydrazone groups is 1. The van der Waals surface area contributed by atoms with Gasteiger partial charge in [-0.05, 0) is 49.7 Å². The fraction of sp³-hybridized carbons (Fsp3) is 0.591. The Kier molecular flexibility index (Phi) is 4.71. The van der Waals surface area contributed by atoms with Crippen LogP contribution in [-0.2, 0) is 9.59 Å². The molecule has 1 aromatic rings. The number of hydrogen-bond acceptors (Lipinski definition) is 6. The Hall–Kier alpha value is -2.77. The largest absolute Gasteiger partial charge is 0.342 e. The standard InChI is InChI=1S/C22H28N4O4/c1-20(2)21(3)11-12-22(20,19(28)25-13-5-4-6-14-25)18(27)17(21)24-23-15-7-9-16(10-8-15)26(29)30/h7-10,23H,4-6,11-14H2,1-3H3. The normalized spacial score (nSPS) is 31.2. The highest BCUT2D eigenvalue weighted by Crippen LogP contribution is 2.69. The van der Waals surface area contributed by atoms with E-state index in [0.29, 0.717) is 30.9 Å². The first-order valence-corrected chi connectivity index (χ1v) is 10.6. The van der Waals surface area contributed by atoms with Gasteiger partial charge in [0.05, 0.1) is 10.6 Å². The number of carbonyl (C=O) groups excluding carboxylic acids is 2. The Bertz CT molecular complexity index is 933. The molecule has 0 spiro atoms. The first-order chi connectivity index (χ1) is 14.1. The number of carbonyl (C=O) groups is 2. The molecule has 1 N–H and O–H groups in total. The number of fused-ring (bicyclic) bond motifs is 2. The summed E-state index contributed by atoms with van der Waals surface area (Å²) < 4.78 is 0. The van der Waals surface area contributed by atoms with E-state index in [0.717, 1.165) is 25.7 Å². The summed E-state index contributed by atoms with van der Waals surface area (Å²) >= 11 is 0. The highest BCUT2D eigenvalue weighted by Gasteiger charge is 2.77. The number of nitro benzene ring substituents is 1. The van der Waals surface area contributed by atoms with Gasteiger partial charge in [0.2, 0.25) is 5.91 Å². The molecule has 2 unspecified atom stereocenters.